The van der Waals surface area contributed by atoms with E-state index < -0.39 is 11.5 Å². The van der Waals surface area contributed by atoms with E-state index in [1.54, 1.807) is 30.5 Å². The molecule has 204 valence electrons. The lowest BCUT2D eigenvalue weighted by Gasteiger charge is -2.23. The second-order valence-corrected chi connectivity index (χ2v) is 10.5. The number of pyridine rings is 1. The predicted octanol–water partition coefficient (Wildman–Crippen LogP) is 4.03. The second kappa shape index (κ2) is 10.9. The van der Waals surface area contributed by atoms with Crippen LogP contribution in [0.2, 0.25) is 10.0 Å². The number of hydrogen-bond donors (Lipinski definition) is 2. The summed E-state index contributed by atoms with van der Waals surface area (Å²) < 4.78 is 2.86. The van der Waals surface area contributed by atoms with Gasteiger partial charge in [0, 0.05) is 42.4 Å². The fourth-order valence-corrected chi connectivity index (χ4v) is 5.81. The highest BCUT2D eigenvalue weighted by molar-refractivity contribution is 6.39. The fourth-order valence-electron chi connectivity index (χ4n) is 5.21. The number of hydrogen-bond acceptors (Lipinski definition) is 7. The molecule has 5 rings (SSSR count). The summed E-state index contributed by atoms with van der Waals surface area (Å²) in [7, 11) is 3.19. The smallest absolute Gasteiger partial charge is 0.293 e. The molecule has 0 bridgehead atoms. The number of halogens is 2. The Bertz CT molecular complexity index is 1610. The molecule has 0 spiro atoms. The Morgan fingerprint density at radius 2 is 1.90 bits per heavy atom. The van der Waals surface area contributed by atoms with Crippen molar-refractivity contribution in [2.75, 3.05) is 25.5 Å². The van der Waals surface area contributed by atoms with Gasteiger partial charge in [-0.05, 0) is 57.1 Å². The van der Waals surface area contributed by atoms with E-state index >= 15 is 0 Å². The van der Waals surface area contributed by atoms with Gasteiger partial charge in [0.15, 0.2) is 5.65 Å². The first-order chi connectivity index (χ1) is 18.7. The molecule has 4 heterocycles. The third-order valence-corrected chi connectivity index (χ3v) is 7.83. The van der Waals surface area contributed by atoms with Crippen LogP contribution in [0.1, 0.15) is 35.9 Å². The van der Waals surface area contributed by atoms with E-state index in [4.69, 9.17) is 33.8 Å². The molecule has 1 atom stereocenters. The van der Waals surface area contributed by atoms with Crippen molar-refractivity contribution >= 4 is 51.8 Å². The van der Waals surface area contributed by atoms with Crippen molar-refractivity contribution in [1.29, 1.82) is 0 Å². The standard InChI is InChI=1S/C27H29Cl2N7O3/c1-15(35-9-4-5-10-35)11-17-13-21(23(24(30)37)34(17)2)32-27-31-14-16-12-18(22-19(28)7-6-8-20(22)29)26(38)36(39-3)25(16)33-27/h6-8,12-15H,4-5,9-11H2,1-3H3,(H2,30,37)(H,31,32,33). The van der Waals surface area contributed by atoms with Gasteiger partial charge in [0.1, 0.15) is 12.8 Å². The maximum atomic E-state index is 13.4. The van der Waals surface area contributed by atoms with E-state index in [1.165, 1.54) is 20.0 Å². The van der Waals surface area contributed by atoms with E-state index in [1.807, 2.05) is 17.7 Å². The van der Waals surface area contributed by atoms with Crippen molar-refractivity contribution in [2.45, 2.75) is 32.2 Å². The zero-order valence-electron chi connectivity index (χ0n) is 21.9. The van der Waals surface area contributed by atoms with Crippen LogP contribution in [0.25, 0.3) is 22.2 Å². The summed E-state index contributed by atoms with van der Waals surface area (Å²) in [6.07, 6.45) is 4.72. The van der Waals surface area contributed by atoms with Gasteiger partial charge in [0.2, 0.25) is 5.95 Å². The van der Waals surface area contributed by atoms with Crippen LogP contribution in [0.5, 0.6) is 0 Å². The highest BCUT2D eigenvalue weighted by Gasteiger charge is 2.24. The van der Waals surface area contributed by atoms with Crippen LogP contribution < -0.4 is 21.4 Å². The average Bonchev–Trinajstić information content (AvgIpc) is 3.53. The summed E-state index contributed by atoms with van der Waals surface area (Å²) in [6, 6.07) is 8.86. The van der Waals surface area contributed by atoms with Crippen LogP contribution in [-0.2, 0) is 13.5 Å². The SMILES string of the molecule is COn1c(=O)c(-c2c(Cl)cccc2Cl)cc2cnc(Nc3cc(CC(C)N4CCCC4)n(C)c3C(N)=O)nc21. The molecule has 0 radical (unpaired) electrons. The van der Waals surface area contributed by atoms with Gasteiger partial charge in [-0.2, -0.15) is 4.98 Å². The molecule has 12 heteroatoms. The minimum Gasteiger partial charge on any atom is -0.412 e. The Labute approximate surface area is 235 Å². The molecule has 3 aromatic heterocycles. The highest BCUT2D eigenvalue weighted by atomic mass is 35.5. The predicted molar refractivity (Wildman–Crippen MR) is 153 cm³/mol. The van der Waals surface area contributed by atoms with Gasteiger partial charge in [-0.1, -0.05) is 29.3 Å². The number of carbonyl (C=O) groups is 1. The normalized spacial score (nSPS) is 14.6. The summed E-state index contributed by atoms with van der Waals surface area (Å²) in [5.41, 5.74) is 7.90. The van der Waals surface area contributed by atoms with Crippen LogP contribution in [0.15, 0.2) is 41.3 Å². The number of aromatic nitrogens is 4. The topological polar surface area (TPSA) is 120 Å². The highest BCUT2D eigenvalue weighted by Crippen LogP contribution is 2.34. The Morgan fingerprint density at radius 1 is 1.21 bits per heavy atom. The summed E-state index contributed by atoms with van der Waals surface area (Å²) in [6.45, 7) is 4.35. The Morgan fingerprint density at radius 3 is 2.54 bits per heavy atom. The Kier molecular flexibility index (Phi) is 7.53. The minimum atomic E-state index is -0.573. The lowest BCUT2D eigenvalue weighted by molar-refractivity contribution is 0.0993. The van der Waals surface area contributed by atoms with Gasteiger partial charge in [0.05, 0.1) is 21.3 Å². The summed E-state index contributed by atoms with van der Waals surface area (Å²) >= 11 is 12.7. The van der Waals surface area contributed by atoms with E-state index in [0.717, 1.165) is 29.9 Å². The Balaban J connectivity index is 1.53. The third-order valence-electron chi connectivity index (χ3n) is 7.20. The number of anilines is 2. The molecular weight excluding hydrogens is 541 g/mol. The monoisotopic (exact) mass is 569 g/mol. The number of benzene rings is 1. The number of nitrogens with one attached hydrogen (secondary N) is 1. The van der Waals surface area contributed by atoms with Crippen molar-refractivity contribution in [1.82, 2.24) is 24.2 Å². The largest absolute Gasteiger partial charge is 0.412 e. The first-order valence-electron chi connectivity index (χ1n) is 12.6. The molecule has 1 aliphatic heterocycles. The number of nitrogens with two attached hydrogens (primary N) is 1. The Hall–Kier alpha value is -3.60. The lowest BCUT2D eigenvalue weighted by Crippen LogP contribution is -2.32. The number of likely N-dealkylation sites (tertiary alicyclic amines) is 1. The number of rotatable bonds is 8. The maximum Gasteiger partial charge on any atom is 0.293 e. The van der Waals surface area contributed by atoms with Gasteiger partial charge in [-0.15, -0.1) is 4.73 Å². The molecule has 1 aliphatic rings. The fraction of sp³-hybridized carbons (Fsp3) is 0.333. The van der Waals surface area contributed by atoms with E-state index in [-0.39, 0.29) is 17.2 Å². The summed E-state index contributed by atoms with van der Waals surface area (Å²) in [5.74, 6) is -0.403. The van der Waals surface area contributed by atoms with E-state index in [9.17, 15) is 9.59 Å². The molecule has 1 fully saturated rings. The summed E-state index contributed by atoms with van der Waals surface area (Å²) in [4.78, 5) is 42.6. The molecule has 1 amide bonds. The molecule has 4 aromatic rings. The van der Waals surface area contributed by atoms with E-state index in [2.05, 4.69) is 27.1 Å². The van der Waals surface area contributed by atoms with Crippen molar-refractivity contribution in [3.63, 3.8) is 0 Å². The molecule has 39 heavy (non-hydrogen) atoms. The zero-order valence-corrected chi connectivity index (χ0v) is 23.4. The number of carbonyl (C=O) groups excluding carboxylic acids is 1. The van der Waals surface area contributed by atoms with Crippen molar-refractivity contribution in [2.24, 2.45) is 12.8 Å². The van der Waals surface area contributed by atoms with Crippen molar-refractivity contribution in [3.8, 4) is 11.1 Å². The number of fused-ring (bicyclic) bond motifs is 1. The minimum absolute atomic E-state index is 0.170. The summed E-state index contributed by atoms with van der Waals surface area (Å²) in [5, 5.41) is 4.30. The van der Waals surface area contributed by atoms with Gasteiger partial charge in [-0.25, -0.2) is 4.98 Å². The number of amides is 1. The molecule has 3 N–H and O–H groups in total. The first-order valence-corrected chi connectivity index (χ1v) is 13.4. The van der Waals surface area contributed by atoms with Gasteiger partial charge in [0.25, 0.3) is 11.5 Å². The van der Waals surface area contributed by atoms with Crippen molar-refractivity contribution in [3.05, 3.63) is 68.3 Å². The van der Waals surface area contributed by atoms with Gasteiger partial charge in [-0.3, -0.25) is 9.59 Å². The average molecular weight is 570 g/mol. The van der Waals surface area contributed by atoms with Gasteiger partial charge >= 0.3 is 0 Å². The van der Waals surface area contributed by atoms with Gasteiger partial charge < -0.3 is 25.4 Å². The van der Waals surface area contributed by atoms with Crippen LogP contribution in [0.3, 0.4) is 0 Å². The molecule has 0 aliphatic carbocycles. The third kappa shape index (κ3) is 5.07. The zero-order chi connectivity index (χ0) is 27.8. The molecule has 1 aromatic carbocycles. The first kappa shape index (κ1) is 27.0. The maximum absolute atomic E-state index is 13.4. The van der Waals surface area contributed by atoms with Crippen LogP contribution >= 0.6 is 23.2 Å². The lowest BCUT2D eigenvalue weighted by atomic mass is 10.1. The quantitative estimate of drug-likeness (QED) is 0.328. The molecule has 1 saturated heterocycles. The van der Waals surface area contributed by atoms with Crippen LogP contribution in [0.4, 0.5) is 11.6 Å². The van der Waals surface area contributed by atoms with E-state index in [0.29, 0.717) is 38.4 Å². The molecule has 0 saturated carbocycles. The van der Waals surface area contributed by atoms with Crippen molar-refractivity contribution < 1.29 is 9.63 Å². The molecular formula is C27H29Cl2N7O3. The van der Waals surface area contributed by atoms with Crippen LogP contribution in [0, 0.1) is 0 Å². The van der Waals surface area contributed by atoms with Crippen LogP contribution in [-0.4, -0.2) is 56.3 Å². The number of nitrogens with zero attached hydrogens (tertiary/aromatic N) is 5. The second-order valence-electron chi connectivity index (χ2n) is 9.65. The molecule has 10 nitrogen and oxygen atoms in total. The number of primary amides is 1. The molecule has 1 unspecified atom stereocenters.